The molecule has 0 unspecified atom stereocenters. The van der Waals surface area contributed by atoms with Crippen LogP contribution in [-0.2, 0) is 9.47 Å². The van der Waals surface area contributed by atoms with Crippen LogP contribution in [0.3, 0.4) is 0 Å². The summed E-state index contributed by atoms with van der Waals surface area (Å²) in [4.78, 5) is 12.5. The molecule has 2 aliphatic rings. The van der Waals surface area contributed by atoms with Crippen molar-refractivity contribution in [1.29, 1.82) is 0 Å². The van der Waals surface area contributed by atoms with Crippen molar-refractivity contribution in [1.82, 2.24) is 0 Å². The Bertz CT molecular complexity index is 577. The summed E-state index contributed by atoms with van der Waals surface area (Å²) in [6.45, 7) is 3.09. The largest absolute Gasteiger partial charge is 0.381 e. The fourth-order valence-corrected chi connectivity index (χ4v) is 3.97. The van der Waals surface area contributed by atoms with Gasteiger partial charge in [-0.05, 0) is 25.7 Å². The lowest BCUT2D eigenvalue weighted by molar-refractivity contribution is -0.384. The molecule has 132 valence electrons. The lowest BCUT2D eigenvalue weighted by atomic mass is 10.1. The van der Waals surface area contributed by atoms with E-state index in [4.69, 9.17) is 32.7 Å². The molecule has 2 aliphatic heterocycles. The average Bonchev–Trinajstić information content (AvgIpc) is 2.56. The normalized spacial score (nSPS) is 20.3. The molecule has 0 amide bonds. The van der Waals surface area contributed by atoms with Crippen molar-refractivity contribution in [3.05, 3.63) is 32.3 Å². The van der Waals surface area contributed by atoms with Crippen LogP contribution in [0.2, 0.25) is 10.0 Å². The molecule has 0 aliphatic carbocycles. The van der Waals surface area contributed by atoms with E-state index in [1.165, 1.54) is 12.1 Å². The molecule has 2 saturated heterocycles. The van der Waals surface area contributed by atoms with Crippen LogP contribution >= 0.6 is 23.2 Å². The number of non-ortho nitro benzene ring substituents is 1. The minimum absolute atomic E-state index is 0.0912. The van der Waals surface area contributed by atoms with Gasteiger partial charge in [0.15, 0.2) is 0 Å². The number of ether oxygens (including phenoxy) is 2. The Morgan fingerprint density at radius 2 is 1.62 bits per heavy atom. The second-order valence-electron chi connectivity index (χ2n) is 6.15. The molecule has 1 aromatic rings. The maximum absolute atomic E-state index is 10.9. The number of hydrogen-bond acceptors (Lipinski definition) is 5. The van der Waals surface area contributed by atoms with Crippen LogP contribution in [0.4, 0.5) is 11.4 Å². The Kier molecular flexibility index (Phi) is 5.81. The molecule has 2 fully saturated rings. The second kappa shape index (κ2) is 7.87. The SMILES string of the molecule is O=[N+]([O-])c1cc(Cl)c(N2CCC(OC3CCOCC3)CC2)c(Cl)c1. The third-order valence-corrected chi connectivity index (χ3v) is 5.10. The first-order chi connectivity index (χ1) is 11.5. The highest BCUT2D eigenvalue weighted by Gasteiger charge is 2.27. The highest BCUT2D eigenvalue weighted by atomic mass is 35.5. The van der Waals surface area contributed by atoms with Gasteiger partial charge in [0.1, 0.15) is 0 Å². The number of nitrogens with zero attached hydrogens (tertiary/aromatic N) is 2. The minimum atomic E-state index is -0.491. The van der Waals surface area contributed by atoms with Gasteiger partial charge < -0.3 is 14.4 Å². The number of nitro benzene ring substituents is 1. The van der Waals surface area contributed by atoms with E-state index in [-0.39, 0.29) is 11.8 Å². The molecule has 6 nitrogen and oxygen atoms in total. The van der Waals surface area contributed by atoms with Crippen molar-refractivity contribution in [2.24, 2.45) is 0 Å². The third kappa shape index (κ3) is 4.11. The van der Waals surface area contributed by atoms with Crippen LogP contribution in [0.1, 0.15) is 25.7 Å². The summed E-state index contributed by atoms with van der Waals surface area (Å²) in [6.07, 6.45) is 4.23. The molecule has 0 radical (unpaired) electrons. The van der Waals surface area contributed by atoms with Gasteiger partial charge in [-0.1, -0.05) is 23.2 Å². The van der Waals surface area contributed by atoms with Gasteiger partial charge in [0.2, 0.25) is 0 Å². The van der Waals surface area contributed by atoms with Crippen LogP contribution in [-0.4, -0.2) is 43.4 Å². The number of rotatable bonds is 4. The Hall–Kier alpha value is -1.08. The highest BCUT2D eigenvalue weighted by Crippen LogP contribution is 2.38. The summed E-state index contributed by atoms with van der Waals surface area (Å²) in [5.74, 6) is 0. The second-order valence-corrected chi connectivity index (χ2v) is 6.96. The molecule has 2 heterocycles. The van der Waals surface area contributed by atoms with Crippen LogP contribution < -0.4 is 4.90 Å². The standard InChI is InChI=1S/C16H20Cl2N2O4/c17-14-9-11(20(21)22)10-15(18)16(14)19-5-1-12(2-6-19)24-13-3-7-23-8-4-13/h9-10,12-13H,1-8H2. The molecular formula is C16H20Cl2N2O4. The van der Waals surface area contributed by atoms with Crippen LogP contribution in [0.5, 0.6) is 0 Å². The molecule has 0 saturated carbocycles. The third-order valence-electron chi connectivity index (χ3n) is 4.52. The van der Waals surface area contributed by atoms with E-state index < -0.39 is 4.92 Å². The quantitative estimate of drug-likeness (QED) is 0.587. The van der Waals surface area contributed by atoms with E-state index in [1.807, 2.05) is 0 Å². The fraction of sp³-hybridized carbons (Fsp3) is 0.625. The summed E-state index contributed by atoms with van der Waals surface area (Å²) in [7, 11) is 0. The molecule has 0 N–H and O–H groups in total. The van der Waals surface area contributed by atoms with Crippen molar-refractivity contribution in [2.45, 2.75) is 37.9 Å². The van der Waals surface area contributed by atoms with Gasteiger partial charge in [0.25, 0.3) is 5.69 Å². The van der Waals surface area contributed by atoms with E-state index in [0.29, 0.717) is 21.8 Å². The fourth-order valence-electron chi connectivity index (χ4n) is 3.26. The highest BCUT2D eigenvalue weighted by molar-refractivity contribution is 6.39. The molecule has 24 heavy (non-hydrogen) atoms. The van der Waals surface area contributed by atoms with Gasteiger partial charge in [-0.25, -0.2) is 0 Å². The van der Waals surface area contributed by atoms with E-state index in [2.05, 4.69) is 4.90 Å². The smallest absolute Gasteiger partial charge is 0.272 e. The summed E-state index contributed by atoms with van der Waals surface area (Å²) < 4.78 is 11.5. The number of benzene rings is 1. The predicted octanol–water partition coefficient (Wildman–Crippen LogP) is 4.07. The minimum Gasteiger partial charge on any atom is -0.381 e. The Labute approximate surface area is 150 Å². The average molecular weight is 375 g/mol. The monoisotopic (exact) mass is 374 g/mol. The molecule has 8 heteroatoms. The topological polar surface area (TPSA) is 64.8 Å². The first-order valence-corrected chi connectivity index (χ1v) is 8.92. The molecule has 0 aromatic heterocycles. The lowest BCUT2D eigenvalue weighted by Crippen LogP contribution is -2.39. The molecule has 0 atom stereocenters. The number of hydrogen-bond donors (Lipinski definition) is 0. The first kappa shape index (κ1) is 17.7. The Morgan fingerprint density at radius 1 is 1.08 bits per heavy atom. The predicted molar refractivity (Wildman–Crippen MR) is 93.3 cm³/mol. The van der Waals surface area contributed by atoms with Gasteiger partial charge in [-0.15, -0.1) is 0 Å². The Balaban J connectivity index is 1.61. The number of nitro groups is 1. The van der Waals surface area contributed by atoms with Crippen molar-refractivity contribution < 1.29 is 14.4 Å². The van der Waals surface area contributed by atoms with Gasteiger partial charge in [0, 0.05) is 38.4 Å². The molecular weight excluding hydrogens is 355 g/mol. The van der Waals surface area contributed by atoms with Gasteiger partial charge in [0.05, 0.1) is 32.9 Å². The molecule has 3 rings (SSSR count). The van der Waals surface area contributed by atoms with Crippen molar-refractivity contribution in [2.75, 3.05) is 31.2 Å². The summed E-state index contributed by atoms with van der Waals surface area (Å²) in [6, 6.07) is 2.71. The van der Waals surface area contributed by atoms with E-state index in [0.717, 1.165) is 52.0 Å². The van der Waals surface area contributed by atoms with E-state index in [9.17, 15) is 10.1 Å². The summed E-state index contributed by atoms with van der Waals surface area (Å²) in [5, 5.41) is 11.5. The zero-order valence-corrected chi connectivity index (χ0v) is 14.8. The first-order valence-electron chi connectivity index (χ1n) is 8.16. The van der Waals surface area contributed by atoms with Crippen LogP contribution in [0.25, 0.3) is 0 Å². The van der Waals surface area contributed by atoms with Crippen molar-refractivity contribution in [3.63, 3.8) is 0 Å². The zero-order valence-electron chi connectivity index (χ0n) is 13.2. The van der Waals surface area contributed by atoms with E-state index >= 15 is 0 Å². The zero-order chi connectivity index (χ0) is 17.1. The van der Waals surface area contributed by atoms with Crippen molar-refractivity contribution >= 4 is 34.6 Å². The summed E-state index contributed by atoms with van der Waals surface area (Å²) >= 11 is 12.5. The van der Waals surface area contributed by atoms with Crippen LogP contribution in [0, 0.1) is 10.1 Å². The number of piperidine rings is 1. The van der Waals surface area contributed by atoms with Crippen LogP contribution in [0.15, 0.2) is 12.1 Å². The van der Waals surface area contributed by atoms with E-state index in [1.54, 1.807) is 0 Å². The molecule has 1 aromatic carbocycles. The summed E-state index contributed by atoms with van der Waals surface area (Å²) in [5.41, 5.74) is 0.583. The number of anilines is 1. The maximum Gasteiger partial charge on any atom is 0.272 e. The maximum atomic E-state index is 10.9. The van der Waals surface area contributed by atoms with Gasteiger partial charge >= 0.3 is 0 Å². The molecule has 0 spiro atoms. The van der Waals surface area contributed by atoms with Gasteiger partial charge in [-0.3, -0.25) is 10.1 Å². The van der Waals surface area contributed by atoms with Gasteiger partial charge in [-0.2, -0.15) is 0 Å². The number of halogens is 2. The Morgan fingerprint density at radius 3 is 2.17 bits per heavy atom. The lowest BCUT2D eigenvalue weighted by Gasteiger charge is -2.36. The molecule has 0 bridgehead atoms. The van der Waals surface area contributed by atoms with Crippen molar-refractivity contribution in [3.8, 4) is 0 Å².